The summed E-state index contributed by atoms with van der Waals surface area (Å²) in [7, 11) is 0. The van der Waals surface area contributed by atoms with Crippen LogP contribution in [0.5, 0.6) is 0 Å². The van der Waals surface area contributed by atoms with E-state index < -0.39 is 0 Å². The van der Waals surface area contributed by atoms with Crippen molar-refractivity contribution < 1.29 is 0 Å². The molecule has 1 N–H and O–H groups in total. The molecule has 1 aliphatic carbocycles. The monoisotopic (exact) mass is 123 g/mol. The second-order valence-corrected chi connectivity index (χ2v) is 3.01. The highest BCUT2D eigenvalue weighted by molar-refractivity contribution is 5.15. The molecular formula is C8H13N. The Morgan fingerprint density at radius 3 is 2.89 bits per heavy atom. The minimum absolute atomic E-state index is 1.01. The maximum absolute atomic E-state index is 3.32. The number of rotatable bonds is 1. The van der Waals surface area contributed by atoms with Crippen molar-refractivity contribution in [2.75, 3.05) is 13.1 Å². The van der Waals surface area contributed by atoms with Crippen LogP contribution in [0.2, 0.25) is 0 Å². The number of hydrogen-bond acceptors (Lipinski definition) is 1. The molecule has 1 nitrogen and oxygen atoms in total. The summed E-state index contributed by atoms with van der Waals surface area (Å²) in [4.78, 5) is 0. The fourth-order valence-corrected chi connectivity index (χ4v) is 1.47. The molecule has 1 fully saturated rings. The van der Waals surface area contributed by atoms with Gasteiger partial charge in [-0.05, 0) is 31.7 Å². The molecule has 0 saturated heterocycles. The van der Waals surface area contributed by atoms with Crippen molar-refractivity contribution in [3.8, 4) is 0 Å². The molecule has 0 spiro atoms. The molecule has 0 unspecified atom stereocenters. The molecule has 0 atom stereocenters. The van der Waals surface area contributed by atoms with E-state index in [2.05, 4.69) is 11.4 Å². The second-order valence-electron chi connectivity index (χ2n) is 3.01. The van der Waals surface area contributed by atoms with Gasteiger partial charge in [0.05, 0.1) is 0 Å². The summed E-state index contributed by atoms with van der Waals surface area (Å²) < 4.78 is 0. The van der Waals surface area contributed by atoms with E-state index in [9.17, 15) is 0 Å². The van der Waals surface area contributed by atoms with Gasteiger partial charge in [0, 0.05) is 6.54 Å². The molecule has 1 saturated carbocycles. The molecule has 0 bridgehead atoms. The molecule has 2 aliphatic rings. The van der Waals surface area contributed by atoms with Crippen molar-refractivity contribution in [3.05, 3.63) is 11.6 Å². The Morgan fingerprint density at radius 2 is 2.33 bits per heavy atom. The molecule has 1 heterocycles. The van der Waals surface area contributed by atoms with Crippen molar-refractivity contribution in [1.82, 2.24) is 5.32 Å². The summed E-state index contributed by atoms with van der Waals surface area (Å²) in [6, 6.07) is 0. The van der Waals surface area contributed by atoms with Gasteiger partial charge in [-0.2, -0.15) is 0 Å². The Kier molecular flexibility index (Phi) is 1.31. The van der Waals surface area contributed by atoms with Gasteiger partial charge >= 0.3 is 0 Å². The van der Waals surface area contributed by atoms with E-state index in [0.717, 1.165) is 12.5 Å². The van der Waals surface area contributed by atoms with Gasteiger partial charge in [-0.15, -0.1) is 0 Å². The molecule has 1 aliphatic heterocycles. The van der Waals surface area contributed by atoms with Gasteiger partial charge in [0.2, 0.25) is 0 Å². The predicted molar refractivity (Wildman–Crippen MR) is 38.3 cm³/mol. The first-order valence-corrected chi connectivity index (χ1v) is 3.86. The van der Waals surface area contributed by atoms with E-state index in [1.807, 2.05) is 0 Å². The average molecular weight is 123 g/mol. The van der Waals surface area contributed by atoms with E-state index in [-0.39, 0.29) is 0 Å². The average Bonchev–Trinajstić information content (AvgIpc) is 2.71. The molecule has 0 amide bonds. The Balaban J connectivity index is 1.99. The zero-order valence-electron chi connectivity index (χ0n) is 5.69. The molecule has 9 heavy (non-hydrogen) atoms. The quantitative estimate of drug-likeness (QED) is 0.518. The summed E-state index contributed by atoms with van der Waals surface area (Å²) in [5.41, 5.74) is 1.73. The van der Waals surface area contributed by atoms with Crippen LogP contribution in [-0.2, 0) is 0 Å². The molecule has 50 valence electrons. The Hall–Kier alpha value is -0.300. The van der Waals surface area contributed by atoms with Crippen LogP contribution in [0.15, 0.2) is 11.6 Å². The minimum Gasteiger partial charge on any atom is -0.313 e. The van der Waals surface area contributed by atoms with E-state index in [0.29, 0.717) is 0 Å². The van der Waals surface area contributed by atoms with E-state index in [1.165, 1.54) is 25.8 Å². The van der Waals surface area contributed by atoms with Crippen molar-refractivity contribution in [2.45, 2.75) is 19.3 Å². The first kappa shape index (κ1) is 5.48. The van der Waals surface area contributed by atoms with Crippen LogP contribution >= 0.6 is 0 Å². The zero-order valence-corrected chi connectivity index (χ0v) is 5.69. The van der Waals surface area contributed by atoms with Gasteiger partial charge in [0.1, 0.15) is 0 Å². The van der Waals surface area contributed by atoms with Crippen LogP contribution in [0.1, 0.15) is 19.3 Å². The third-order valence-corrected chi connectivity index (χ3v) is 2.20. The van der Waals surface area contributed by atoms with Crippen LogP contribution < -0.4 is 5.32 Å². The first-order chi connectivity index (χ1) is 4.47. The van der Waals surface area contributed by atoms with Crippen molar-refractivity contribution >= 4 is 0 Å². The van der Waals surface area contributed by atoms with Gasteiger partial charge in [0.15, 0.2) is 0 Å². The SMILES string of the molecule is C1=C(C2CC2)CCNC1. The van der Waals surface area contributed by atoms with Crippen LogP contribution in [0.4, 0.5) is 0 Å². The van der Waals surface area contributed by atoms with Crippen molar-refractivity contribution in [3.63, 3.8) is 0 Å². The van der Waals surface area contributed by atoms with E-state index in [1.54, 1.807) is 5.57 Å². The highest BCUT2D eigenvalue weighted by Gasteiger charge is 2.25. The summed E-state index contributed by atoms with van der Waals surface area (Å²) >= 11 is 0. The predicted octanol–water partition coefficient (Wildman–Crippen LogP) is 1.32. The van der Waals surface area contributed by atoms with Gasteiger partial charge in [0.25, 0.3) is 0 Å². The van der Waals surface area contributed by atoms with Crippen molar-refractivity contribution in [2.24, 2.45) is 5.92 Å². The number of nitrogens with one attached hydrogen (secondary N) is 1. The molecule has 1 heteroatoms. The van der Waals surface area contributed by atoms with Gasteiger partial charge in [-0.25, -0.2) is 0 Å². The standard InChI is InChI=1S/C8H13N/c1-2-7(1)8-3-5-9-6-4-8/h3,7,9H,1-2,4-6H2. The van der Waals surface area contributed by atoms with Crippen molar-refractivity contribution in [1.29, 1.82) is 0 Å². The lowest BCUT2D eigenvalue weighted by Crippen LogP contribution is -2.20. The Bertz CT molecular complexity index is 134. The Morgan fingerprint density at radius 1 is 1.44 bits per heavy atom. The molecule has 0 aromatic rings. The zero-order chi connectivity index (χ0) is 6.10. The van der Waals surface area contributed by atoms with Gasteiger partial charge in [-0.1, -0.05) is 11.6 Å². The highest BCUT2D eigenvalue weighted by Crippen LogP contribution is 2.38. The summed E-state index contributed by atoms with van der Waals surface area (Å²) in [5, 5.41) is 3.32. The molecule has 0 aromatic carbocycles. The lowest BCUT2D eigenvalue weighted by molar-refractivity contribution is 0.675. The van der Waals surface area contributed by atoms with Crippen LogP contribution in [0.25, 0.3) is 0 Å². The fourth-order valence-electron chi connectivity index (χ4n) is 1.47. The van der Waals surface area contributed by atoms with E-state index >= 15 is 0 Å². The summed E-state index contributed by atoms with van der Waals surface area (Å²) in [6.07, 6.45) is 6.61. The molecule has 0 aromatic heterocycles. The maximum atomic E-state index is 3.32. The fraction of sp³-hybridized carbons (Fsp3) is 0.750. The van der Waals surface area contributed by atoms with Crippen LogP contribution in [0, 0.1) is 5.92 Å². The van der Waals surface area contributed by atoms with Gasteiger partial charge in [-0.3, -0.25) is 0 Å². The normalized spacial score (nSPS) is 27.8. The topological polar surface area (TPSA) is 12.0 Å². The molecule has 0 radical (unpaired) electrons. The lowest BCUT2D eigenvalue weighted by atomic mass is 10.1. The minimum atomic E-state index is 1.01. The third kappa shape index (κ3) is 1.16. The van der Waals surface area contributed by atoms with E-state index in [4.69, 9.17) is 0 Å². The third-order valence-electron chi connectivity index (χ3n) is 2.20. The van der Waals surface area contributed by atoms with Crippen LogP contribution in [0.3, 0.4) is 0 Å². The Labute approximate surface area is 56.1 Å². The molecular weight excluding hydrogens is 110 g/mol. The number of hydrogen-bond donors (Lipinski definition) is 1. The smallest absolute Gasteiger partial charge is 0.0137 e. The van der Waals surface area contributed by atoms with Gasteiger partial charge < -0.3 is 5.32 Å². The maximum Gasteiger partial charge on any atom is 0.0137 e. The largest absolute Gasteiger partial charge is 0.313 e. The lowest BCUT2D eigenvalue weighted by Gasteiger charge is -2.12. The highest BCUT2D eigenvalue weighted by atomic mass is 14.8. The first-order valence-electron chi connectivity index (χ1n) is 3.86. The summed E-state index contributed by atoms with van der Waals surface area (Å²) in [6.45, 7) is 2.33. The second kappa shape index (κ2) is 2.14. The molecule has 2 rings (SSSR count). The summed E-state index contributed by atoms with van der Waals surface area (Å²) in [5.74, 6) is 1.01. The van der Waals surface area contributed by atoms with Crippen LogP contribution in [-0.4, -0.2) is 13.1 Å².